The fourth-order valence-corrected chi connectivity index (χ4v) is 0.965. The van der Waals surface area contributed by atoms with Gasteiger partial charge in [0.05, 0.1) is 27.4 Å². The molecule has 0 aliphatic rings. The van der Waals surface area contributed by atoms with Crippen molar-refractivity contribution in [2.75, 3.05) is 21.1 Å². The molecule has 2 heteroatoms. The van der Waals surface area contributed by atoms with E-state index in [2.05, 4.69) is 39.4 Å². The van der Waals surface area contributed by atoms with Gasteiger partial charge in [-0.1, -0.05) is 31.3 Å². The second kappa shape index (κ2) is 6.18. The molecule has 0 aromatic rings. The molecule has 0 heterocycles. The summed E-state index contributed by atoms with van der Waals surface area (Å²) < 4.78 is 0.688. The maximum absolute atomic E-state index is 4.37. The maximum Gasteiger partial charge on any atom is 0.0923 e. The Morgan fingerprint density at radius 1 is 1.08 bits per heavy atom. The Morgan fingerprint density at radius 2 is 1.75 bits per heavy atom. The predicted molar refractivity (Wildman–Crippen MR) is 55.3 cm³/mol. The normalized spacial score (nSPS) is 12.7. The van der Waals surface area contributed by atoms with Gasteiger partial charge in [0.2, 0.25) is 0 Å². The highest BCUT2D eigenvalue weighted by molar-refractivity contribution is 5.55. The van der Waals surface area contributed by atoms with E-state index in [0.717, 1.165) is 6.42 Å². The van der Waals surface area contributed by atoms with Crippen LogP contribution in [0.4, 0.5) is 0 Å². The Hall–Kier alpha value is -0.370. The Balaban J connectivity index is 3.25. The molecular weight excluding hydrogens is 148 g/mol. The monoisotopic (exact) mass is 171 g/mol. The van der Waals surface area contributed by atoms with E-state index in [1.807, 2.05) is 0 Å². The lowest BCUT2D eigenvalue weighted by Gasteiger charge is -2.14. The molecule has 0 aliphatic heterocycles. The highest BCUT2D eigenvalue weighted by Gasteiger charge is 1.99. The van der Waals surface area contributed by atoms with Crippen LogP contribution in [0.25, 0.3) is 0 Å². The van der Waals surface area contributed by atoms with E-state index >= 15 is 0 Å². The molecule has 2 nitrogen and oxygen atoms in total. The predicted octanol–water partition coefficient (Wildman–Crippen LogP) is 2.65. The lowest BCUT2D eigenvalue weighted by atomic mass is 10.2. The Morgan fingerprint density at radius 3 is 2.25 bits per heavy atom. The fourth-order valence-electron chi connectivity index (χ4n) is 0.965. The summed E-state index contributed by atoms with van der Waals surface area (Å²) >= 11 is 0. The van der Waals surface area contributed by atoms with Gasteiger partial charge < -0.3 is 0 Å². The first kappa shape index (κ1) is 11.6. The summed E-state index contributed by atoms with van der Waals surface area (Å²) in [5.74, 6) is 0. The van der Waals surface area contributed by atoms with Crippen molar-refractivity contribution in [1.29, 1.82) is 0 Å². The van der Waals surface area contributed by atoms with E-state index in [-0.39, 0.29) is 0 Å². The second-order valence-electron chi connectivity index (χ2n) is 4.09. The van der Waals surface area contributed by atoms with E-state index in [1.165, 1.54) is 25.7 Å². The summed E-state index contributed by atoms with van der Waals surface area (Å²) in [5.41, 5.74) is 0. The fraction of sp³-hybridized carbons (Fsp3) is 0.900. The summed E-state index contributed by atoms with van der Waals surface area (Å²) in [6.45, 7) is 2.24. The highest BCUT2D eigenvalue weighted by atomic mass is 15.6. The van der Waals surface area contributed by atoms with Crippen molar-refractivity contribution in [3.63, 3.8) is 0 Å². The Kier molecular flexibility index (Phi) is 5.99. The topological polar surface area (TPSA) is 12.4 Å². The van der Waals surface area contributed by atoms with Gasteiger partial charge in [0, 0.05) is 0 Å². The zero-order valence-corrected chi connectivity index (χ0v) is 9.01. The van der Waals surface area contributed by atoms with Gasteiger partial charge in [0.1, 0.15) is 0 Å². The molecule has 0 saturated heterocycles. The third-order valence-corrected chi connectivity index (χ3v) is 1.61. The van der Waals surface area contributed by atoms with Gasteiger partial charge in [-0.2, -0.15) is 0 Å². The molecule has 0 atom stereocenters. The minimum Gasteiger partial charge on any atom is -0.205 e. The minimum absolute atomic E-state index is 0.688. The number of unbranched alkanes of at least 4 members (excludes halogenated alkanes) is 4. The number of nitrogens with zero attached hydrogens (tertiary/aromatic N) is 2. The third kappa shape index (κ3) is 9.63. The molecule has 0 bridgehead atoms. The molecule has 0 fully saturated rings. The molecule has 0 aromatic heterocycles. The van der Waals surface area contributed by atoms with Gasteiger partial charge in [0.15, 0.2) is 0 Å². The second-order valence-corrected chi connectivity index (χ2v) is 4.09. The molecule has 0 aliphatic carbocycles. The number of hydrogen-bond donors (Lipinski definition) is 0. The molecule has 0 rings (SSSR count). The molecule has 0 unspecified atom stereocenters. The minimum atomic E-state index is 0.688. The van der Waals surface area contributed by atoms with E-state index in [9.17, 15) is 0 Å². The van der Waals surface area contributed by atoms with Gasteiger partial charge >= 0.3 is 0 Å². The van der Waals surface area contributed by atoms with Crippen molar-refractivity contribution in [3.8, 4) is 0 Å². The number of quaternary nitrogens is 1. The van der Waals surface area contributed by atoms with E-state index in [4.69, 9.17) is 0 Å². The zero-order valence-electron chi connectivity index (χ0n) is 9.01. The first-order valence-corrected chi connectivity index (χ1v) is 4.92. The smallest absolute Gasteiger partial charge is 0.0923 e. The average Bonchev–Trinajstić information content (AvgIpc) is 1.94. The summed E-state index contributed by atoms with van der Waals surface area (Å²) in [6.07, 6.45) is 8.49. The molecule has 72 valence electrons. The van der Waals surface area contributed by atoms with E-state index in [0.29, 0.717) is 4.59 Å². The van der Waals surface area contributed by atoms with Gasteiger partial charge in [-0.05, 0) is 12.8 Å². The summed E-state index contributed by atoms with van der Waals surface area (Å²) in [4.78, 5) is 0. The van der Waals surface area contributed by atoms with Crippen molar-refractivity contribution >= 4 is 6.21 Å². The molecular formula is C10H23N2+. The van der Waals surface area contributed by atoms with Gasteiger partial charge in [-0.25, -0.2) is 4.59 Å². The zero-order chi connectivity index (χ0) is 9.45. The lowest BCUT2D eigenvalue weighted by Crippen LogP contribution is -2.27. The van der Waals surface area contributed by atoms with Crippen molar-refractivity contribution in [2.45, 2.75) is 39.0 Å². The lowest BCUT2D eigenvalue weighted by molar-refractivity contribution is -0.876. The Labute approximate surface area is 76.9 Å². The molecule has 0 radical (unpaired) electrons. The average molecular weight is 171 g/mol. The van der Waals surface area contributed by atoms with Crippen LogP contribution in [0.3, 0.4) is 0 Å². The van der Waals surface area contributed by atoms with Crippen LogP contribution in [0.1, 0.15) is 39.0 Å². The van der Waals surface area contributed by atoms with E-state index in [1.54, 1.807) is 0 Å². The first-order valence-electron chi connectivity index (χ1n) is 4.92. The Bertz CT molecular complexity index is 122. The molecule has 0 aromatic carbocycles. The van der Waals surface area contributed by atoms with Crippen molar-refractivity contribution in [3.05, 3.63) is 0 Å². The highest BCUT2D eigenvalue weighted by Crippen LogP contribution is 2.01. The third-order valence-electron chi connectivity index (χ3n) is 1.61. The summed E-state index contributed by atoms with van der Waals surface area (Å²) in [5, 5.41) is 4.37. The molecule has 0 spiro atoms. The number of hydrogen-bond acceptors (Lipinski definition) is 1. The van der Waals surface area contributed by atoms with Crippen LogP contribution >= 0.6 is 0 Å². The molecule has 0 N–H and O–H groups in total. The van der Waals surface area contributed by atoms with Crippen LogP contribution in [-0.2, 0) is 0 Å². The van der Waals surface area contributed by atoms with Gasteiger partial charge in [0.25, 0.3) is 0 Å². The van der Waals surface area contributed by atoms with Crippen LogP contribution in [-0.4, -0.2) is 31.9 Å². The SMILES string of the molecule is CCCCCCC=N[N+](C)(C)C. The van der Waals surface area contributed by atoms with E-state index < -0.39 is 0 Å². The molecule has 12 heavy (non-hydrogen) atoms. The number of rotatable bonds is 6. The van der Waals surface area contributed by atoms with Crippen LogP contribution in [0.5, 0.6) is 0 Å². The van der Waals surface area contributed by atoms with Crippen LogP contribution in [0, 0.1) is 0 Å². The van der Waals surface area contributed by atoms with Crippen molar-refractivity contribution in [2.24, 2.45) is 5.10 Å². The van der Waals surface area contributed by atoms with Crippen LogP contribution < -0.4 is 0 Å². The van der Waals surface area contributed by atoms with Crippen LogP contribution in [0.2, 0.25) is 0 Å². The molecule has 0 amide bonds. The molecule has 0 saturated carbocycles. The summed E-state index contributed by atoms with van der Waals surface area (Å²) in [6, 6.07) is 0. The van der Waals surface area contributed by atoms with Crippen molar-refractivity contribution in [1.82, 2.24) is 0 Å². The standard InChI is InChI=1S/C10H23N2/c1-5-6-7-8-9-10-11-12(2,3)4/h10H,5-9H2,1-4H3/q+1. The van der Waals surface area contributed by atoms with Gasteiger partial charge in [-0.3, -0.25) is 0 Å². The van der Waals surface area contributed by atoms with Crippen LogP contribution in [0.15, 0.2) is 5.10 Å². The first-order chi connectivity index (χ1) is 5.56. The summed E-state index contributed by atoms with van der Waals surface area (Å²) in [7, 11) is 6.22. The van der Waals surface area contributed by atoms with Gasteiger partial charge in [-0.15, -0.1) is 0 Å². The largest absolute Gasteiger partial charge is 0.205 e. The van der Waals surface area contributed by atoms with Crippen molar-refractivity contribution < 1.29 is 4.59 Å². The maximum atomic E-state index is 4.37. The quantitative estimate of drug-likeness (QED) is 0.252.